The number of imidazole rings is 1. The molecule has 2 rings (SSSR count). The maximum Gasteiger partial charge on any atom is 0.251 e. The zero-order valence-electron chi connectivity index (χ0n) is 12.1. The van der Waals surface area contributed by atoms with Crippen molar-refractivity contribution in [2.24, 2.45) is 0 Å². The van der Waals surface area contributed by atoms with Gasteiger partial charge in [0, 0.05) is 37.7 Å². The molecule has 0 saturated heterocycles. The Balaban J connectivity index is 2.13. The van der Waals surface area contributed by atoms with Crippen LogP contribution >= 0.6 is 0 Å². The molecule has 0 aliphatic rings. The highest BCUT2D eigenvalue weighted by Gasteiger charge is 2.16. The van der Waals surface area contributed by atoms with Crippen LogP contribution in [0.4, 0.5) is 5.69 Å². The standard InChI is InChI=1S/C15H20N4O/c1-4-13(14-16-8-9-17-14)18-15(20)11-6-5-7-12(10-11)19(2)3/h5-10,13H,4H2,1-3H3,(H,16,17)(H,18,20). The molecule has 0 spiro atoms. The number of H-pyrrole nitrogens is 1. The maximum absolute atomic E-state index is 12.3. The highest BCUT2D eigenvalue weighted by atomic mass is 16.1. The Bertz CT molecular complexity index is 563. The molecule has 1 aromatic carbocycles. The normalized spacial score (nSPS) is 11.9. The Labute approximate surface area is 119 Å². The number of hydrogen-bond acceptors (Lipinski definition) is 3. The van der Waals surface area contributed by atoms with E-state index in [2.05, 4.69) is 15.3 Å². The van der Waals surface area contributed by atoms with Crippen molar-refractivity contribution in [2.45, 2.75) is 19.4 Å². The van der Waals surface area contributed by atoms with E-state index in [1.165, 1.54) is 0 Å². The van der Waals surface area contributed by atoms with Crippen LogP contribution < -0.4 is 10.2 Å². The second-order valence-corrected chi connectivity index (χ2v) is 4.85. The molecule has 0 bridgehead atoms. The lowest BCUT2D eigenvalue weighted by Crippen LogP contribution is -2.29. The smallest absolute Gasteiger partial charge is 0.251 e. The van der Waals surface area contributed by atoms with E-state index in [9.17, 15) is 4.79 Å². The molecule has 1 atom stereocenters. The second kappa shape index (κ2) is 6.23. The number of nitrogens with zero attached hydrogens (tertiary/aromatic N) is 2. The summed E-state index contributed by atoms with van der Waals surface area (Å²) >= 11 is 0. The maximum atomic E-state index is 12.3. The third-order valence-electron chi connectivity index (χ3n) is 3.19. The molecule has 106 valence electrons. The van der Waals surface area contributed by atoms with E-state index in [1.807, 2.05) is 50.2 Å². The summed E-state index contributed by atoms with van der Waals surface area (Å²) in [5.41, 5.74) is 1.66. The molecule has 0 saturated carbocycles. The van der Waals surface area contributed by atoms with Gasteiger partial charge >= 0.3 is 0 Å². The van der Waals surface area contributed by atoms with E-state index < -0.39 is 0 Å². The number of benzene rings is 1. The summed E-state index contributed by atoms with van der Waals surface area (Å²) < 4.78 is 0. The Hall–Kier alpha value is -2.30. The van der Waals surface area contributed by atoms with E-state index in [-0.39, 0.29) is 11.9 Å². The topological polar surface area (TPSA) is 61.0 Å². The van der Waals surface area contributed by atoms with E-state index in [4.69, 9.17) is 0 Å². The van der Waals surface area contributed by atoms with E-state index in [0.717, 1.165) is 17.9 Å². The van der Waals surface area contributed by atoms with E-state index in [0.29, 0.717) is 5.56 Å². The molecule has 0 radical (unpaired) electrons. The van der Waals surface area contributed by atoms with Crippen LogP contribution in [-0.4, -0.2) is 30.0 Å². The van der Waals surface area contributed by atoms with Gasteiger partial charge in [0.25, 0.3) is 5.91 Å². The predicted molar refractivity (Wildman–Crippen MR) is 79.9 cm³/mol. The van der Waals surface area contributed by atoms with Crippen LogP contribution in [0.3, 0.4) is 0 Å². The number of carbonyl (C=O) groups excluding carboxylic acids is 1. The zero-order valence-corrected chi connectivity index (χ0v) is 12.1. The van der Waals surface area contributed by atoms with Gasteiger partial charge < -0.3 is 15.2 Å². The summed E-state index contributed by atoms with van der Waals surface area (Å²) in [4.78, 5) is 21.5. The van der Waals surface area contributed by atoms with E-state index >= 15 is 0 Å². The molecular formula is C15H20N4O. The first-order valence-corrected chi connectivity index (χ1v) is 6.69. The highest BCUT2D eigenvalue weighted by Crippen LogP contribution is 2.16. The van der Waals surface area contributed by atoms with Crippen molar-refractivity contribution in [3.63, 3.8) is 0 Å². The van der Waals surface area contributed by atoms with Crippen molar-refractivity contribution in [2.75, 3.05) is 19.0 Å². The lowest BCUT2D eigenvalue weighted by Gasteiger charge is -2.16. The summed E-state index contributed by atoms with van der Waals surface area (Å²) in [6, 6.07) is 7.46. The summed E-state index contributed by atoms with van der Waals surface area (Å²) in [6.07, 6.45) is 4.24. The minimum Gasteiger partial charge on any atom is -0.378 e. The minimum absolute atomic E-state index is 0.0862. The van der Waals surface area contributed by atoms with Crippen molar-refractivity contribution in [1.29, 1.82) is 0 Å². The number of aromatic nitrogens is 2. The first-order valence-electron chi connectivity index (χ1n) is 6.69. The van der Waals surface area contributed by atoms with Crippen LogP contribution in [0.1, 0.15) is 35.6 Å². The predicted octanol–water partition coefficient (Wildman–Crippen LogP) is 2.36. The van der Waals surface area contributed by atoms with Crippen molar-refractivity contribution in [1.82, 2.24) is 15.3 Å². The molecular weight excluding hydrogens is 252 g/mol. The largest absolute Gasteiger partial charge is 0.378 e. The number of aromatic amines is 1. The number of anilines is 1. The summed E-state index contributed by atoms with van der Waals surface area (Å²) in [5.74, 6) is 0.696. The summed E-state index contributed by atoms with van der Waals surface area (Å²) in [6.45, 7) is 2.02. The molecule has 1 amide bonds. The summed E-state index contributed by atoms with van der Waals surface area (Å²) in [5, 5.41) is 3.00. The van der Waals surface area contributed by atoms with Crippen molar-refractivity contribution in [3.8, 4) is 0 Å². The van der Waals surface area contributed by atoms with Gasteiger partial charge in [0.1, 0.15) is 5.82 Å². The van der Waals surface area contributed by atoms with Gasteiger partial charge in [-0.2, -0.15) is 0 Å². The van der Waals surface area contributed by atoms with Gasteiger partial charge in [0.15, 0.2) is 0 Å². The number of rotatable bonds is 5. The average Bonchev–Trinajstić information content (AvgIpc) is 2.98. The minimum atomic E-state index is -0.0967. The van der Waals surface area contributed by atoms with Gasteiger partial charge in [0.2, 0.25) is 0 Å². The molecule has 2 N–H and O–H groups in total. The lowest BCUT2D eigenvalue weighted by atomic mass is 10.1. The van der Waals surface area contributed by atoms with Crippen LogP contribution in [0.5, 0.6) is 0 Å². The fourth-order valence-corrected chi connectivity index (χ4v) is 2.00. The lowest BCUT2D eigenvalue weighted by molar-refractivity contribution is 0.0934. The Morgan fingerprint density at radius 2 is 2.25 bits per heavy atom. The van der Waals surface area contributed by atoms with Crippen molar-refractivity contribution >= 4 is 11.6 Å². The zero-order chi connectivity index (χ0) is 14.5. The van der Waals surface area contributed by atoms with Crippen LogP contribution in [0.25, 0.3) is 0 Å². The Morgan fingerprint density at radius 1 is 1.45 bits per heavy atom. The molecule has 0 fully saturated rings. The number of nitrogens with one attached hydrogen (secondary N) is 2. The third kappa shape index (κ3) is 3.17. The van der Waals surface area contributed by atoms with Crippen LogP contribution in [0, 0.1) is 0 Å². The van der Waals surface area contributed by atoms with Gasteiger partial charge in [-0.1, -0.05) is 13.0 Å². The number of hydrogen-bond donors (Lipinski definition) is 2. The molecule has 0 aliphatic carbocycles. The van der Waals surface area contributed by atoms with E-state index in [1.54, 1.807) is 12.4 Å². The number of carbonyl (C=O) groups is 1. The van der Waals surface area contributed by atoms with Gasteiger partial charge in [0.05, 0.1) is 6.04 Å². The van der Waals surface area contributed by atoms with Gasteiger partial charge in [-0.3, -0.25) is 4.79 Å². The number of amides is 1. The fourth-order valence-electron chi connectivity index (χ4n) is 2.00. The van der Waals surface area contributed by atoms with Crippen molar-refractivity contribution in [3.05, 3.63) is 48.0 Å². The molecule has 5 nitrogen and oxygen atoms in total. The molecule has 1 heterocycles. The Morgan fingerprint density at radius 3 is 2.85 bits per heavy atom. The van der Waals surface area contributed by atoms with Crippen LogP contribution in [-0.2, 0) is 0 Å². The first kappa shape index (κ1) is 14.1. The molecule has 1 unspecified atom stereocenters. The SMILES string of the molecule is CCC(NC(=O)c1cccc(N(C)C)c1)c1ncc[nH]1. The molecule has 20 heavy (non-hydrogen) atoms. The van der Waals surface area contributed by atoms with Crippen LogP contribution in [0.2, 0.25) is 0 Å². The quantitative estimate of drug-likeness (QED) is 0.878. The highest BCUT2D eigenvalue weighted by molar-refractivity contribution is 5.95. The van der Waals surface area contributed by atoms with Gasteiger partial charge in [-0.25, -0.2) is 4.98 Å². The molecule has 0 aliphatic heterocycles. The van der Waals surface area contributed by atoms with Gasteiger partial charge in [-0.05, 0) is 24.6 Å². The second-order valence-electron chi connectivity index (χ2n) is 4.85. The van der Waals surface area contributed by atoms with Crippen LogP contribution in [0.15, 0.2) is 36.7 Å². The molecule has 5 heteroatoms. The Kier molecular flexibility index (Phi) is 4.40. The monoisotopic (exact) mass is 272 g/mol. The first-order chi connectivity index (χ1) is 9.61. The molecule has 1 aromatic heterocycles. The van der Waals surface area contributed by atoms with Crippen molar-refractivity contribution < 1.29 is 4.79 Å². The molecule has 2 aromatic rings. The van der Waals surface area contributed by atoms with Gasteiger partial charge in [-0.15, -0.1) is 0 Å². The third-order valence-corrected chi connectivity index (χ3v) is 3.19. The fraction of sp³-hybridized carbons (Fsp3) is 0.333. The summed E-state index contributed by atoms with van der Waals surface area (Å²) in [7, 11) is 3.91. The average molecular weight is 272 g/mol.